The number of ether oxygens (including phenoxy) is 2. The third-order valence-electron chi connectivity index (χ3n) is 3.14. The molecule has 2 aromatic carbocycles. The zero-order chi connectivity index (χ0) is 18.6. The molecule has 0 saturated heterocycles. The van der Waals surface area contributed by atoms with Gasteiger partial charge in [0, 0.05) is 6.07 Å². The van der Waals surface area contributed by atoms with Crippen LogP contribution in [0, 0.1) is 10.1 Å². The largest absolute Gasteiger partial charge is 0.494 e. The van der Waals surface area contributed by atoms with E-state index in [9.17, 15) is 24.8 Å². The fourth-order valence-electron chi connectivity index (χ4n) is 2.10. The molecule has 0 aliphatic rings. The lowest BCUT2D eigenvalue weighted by Crippen LogP contribution is -2.17. The van der Waals surface area contributed by atoms with Crippen molar-refractivity contribution in [3.05, 3.63) is 57.6 Å². The number of primary amides is 1. The Balaban J connectivity index is 2.52. The minimum absolute atomic E-state index is 0.210. The molecule has 0 saturated carbocycles. The molecule has 0 unspecified atom stereocenters. The monoisotopic (exact) mass is 346 g/mol. The molecule has 3 N–H and O–H groups in total. The molecule has 0 radical (unpaired) electrons. The number of aromatic carboxylic acids is 1. The van der Waals surface area contributed by atoms with Gasteiger partial charge in [-0.15, -0.1) is 0 Å². The summed E-state index contributed by atoms with van der Waals surface area (Å²) < 4.78 is 10.7. The second-order valence-electron chi connectivity index (χ2n) is 4.80. The van der Waals surface area contributed by atoms with Crippen molar-refractivity contribution in [2.75, 3.05) is 6.61 Å². The first-order valence-corrected chi connectivity index (χ1v) is 7.09. The predicted octanol–water partition coefficient (Wildman–Crippen LogP) is 2.58. The molecule has 0 aromatic heterocycles. The van der Waals surface area contributed by atoms with E-state index in [4.69, 9.17) is 15.2 Å². The maximum absolute atomic E-state index is 11.5. The smallest absolute Gasteiger partial charge is 0.340 e. The molecule has 0 fully saturated rings. The van der Waals surface area contributed by atoms with Gasteiger partial charge in [0.05, 0.1) is 23.2 Å². The second-order valence-corrected chi connectivity index (χ2v) is 4.80. The highest BCUT2D eigenvalue weighted by molar-refractivity contribution is 6.06. The number of hydrogen-bond acceptors (Lipinski definition) is 6. The molecule has 9 nitrogen and oxygen atoms in total. The van der Waals surface area contributed by atoms with Gasteiger partial charge in [-0.25, -0.2) is 4.79 Å². The second kappa shape index (κ2) is 7.30. The van der Waals surface area contributed by atoms with Crippen LogP contribution in [-0.2, 0) is 0 Å². The van der Waals surface area contributed by atoms with Crippen LogP contribution in [0.1, 0.15) is 27.6 Å². The first kappa shape index (κ1) is 17.7. The Labute approximate surface area is 141 Å². The number of benzene rings is 2. The van der Waals surface area contributed by atoms with E-state index in [-0.39, 0.29) is 11.5 Å². The van der Waals surface area contributed by atoms with Gasteiger partial charge in [-0.1, -0.05) is 0 Å². The van der Waals surface area contributed by atoms with Crippen molar-refractivity contribution in [2.45, 2.75) is 6.92 Å². The molecule has 0 aliphatic heterocycles. The van der Waals surface area contributed by atoms with Gasteiger partial charge in [-0.05, 0) is 31.2 Å². The molecule has 0 bridgehead atoms. The number of carbonyl (C=O) groups is 2. The quantitative estimate of drug-likeness (QED) is 0.579. The van der Waals surface area contributed by atoms with Crippen LogP contribution in [0.2, 0.25) is 0 Å². The Morgan fingerprint density at radius 3 is 2.28 bits per heavy atom. The zero-order valence-corrected chi connectivity index (χ0v) is 13.1. The van der Waals surface area contributed by atoms with E-state index in [1.165, 1.54) is 12.1 Å². The van der Waals surface area contributed by atoms with Crippen LogP contribution in [0.15, 0.2) is 36.4 Å². The highest BCUT2D eigenvalue weighted by Gasteiger charge is 2.25. The minimum atomic E-state index is -1.50. The molecule has 0 aliphatic carbocycles. The summed E-state index contributed by atoms with van der Waals surface area (Å²) >= 11 is 0. The molecule has 2 rings (SSSR count). The minimum Gasteiger partial charge on any atom is -0.494 e. The Kier molecular flexibility index (Phi) is 5.18. The van der Waals surface area contributed by atoms with Gasteiger partial charge in [-0.3, -0.25) is 14.9 Å². The van der Waals surface area contributed by atoms with Gasteiger partial charge in [0.15, 0.2) is 0 Å². The van der Waals surface area contributed by atoms with Gasteiger partial charge in [0.1, 0.15) is 22.8 Å². The van der Waals surface area contributed by atoms with E-state index in [2.05, 4.69) is 0 Å². The summed E-state index contributed by atoms with van der Waals surface area (Å²) in [7, 11) is 0. The number of nitrogens with two attached hydrogens (primary N) is 1. The third-order valence-corrected chi connectivity index (χ3v) is 3.14. The maximum Gasteiger partial charge on any atom is 0.340 e. The van der Waals surface area contributed by atoms with Crippen molar-refractivity contribution < 1.29 is 29.1 Å². The van der Waals surface area contributed by atoms with Crippen molar-refractivity contribution in [3.8, 4) is 17.2 Å². The van der Waals surface area contributed by atoms with Crippen LogP contribution in [0.5, 0.6) is 17.2 Å². The number of carboxylic acids is 1. The standard InChI is InChI=1S/C16H14N2O7/c1-2-24-10-3-5-11(6-4-10)25-13-8-9(18(22)23)7-12(15(17)19)14(13)16(20)21/h3-8H,2H2,1H3,(H2,17,19)(H,20,21). The summed E-state index contributed by atoms with van der Waals surface area (Å²) in [5.74, 6) is -2.19. The normalized spacial score (nSPS) is 10.1. The molecular formula is C16H14N2O7. The molecule has 2 aromatic rings. The first-order valence-electron chi connectivity index (χ1n) is 7.09. The Hall–Kier alpha value is -3.62. The third kappa shape index (κ3) is 4.02. The van der Waals surface area contributed by atoms with E-state index < -0.39 is 33.6 Å². The number of nitrogens with zero attached hydrogens (tertiary/aromatic N) is 1. The summed E-state index contributed by atoms with van der Waals surface area (Å²) in [4.78, 5) is 33.2. The van der Waals surface area contributed by atoms with Gasteiger partial charge in [0.25, 0.3) is 5.69 Å². The maximum atomic E-state index is 11.5. The first-order chi connectivity index (χ1) is 11.8. The number of carbonyl (C=O) groups excluding carboxylic acids is 1. The van der Waals surface area contributed by atoms with Crippen LogP contribution >= 0.6 is 0 Å². The van der Waals surface area contributed by atoms with Crippen LogP contribution in [0.4, 0.5) is 5.69 Å². The summed E-state index contributed by atoms with van der Waals surface area (Å²) in [6.45, 7) is 2.29. The molecule has 0 spiro atoms. The number of carboxylic acid groups (broad SMARTS) is 1. The lowest BCUT2D eigenvalue weighted by atomic mass is 10.0. The number of non-ortho nitro benzene ring substituents is 1. The van der Waals surface area contributed by atoms with Crippen molar-refractivity contribution in [2.24, 2.45) is 5.73 Å². The van der Waals surface area contributed by atoms with Gasteiger partial charge in [0.2, 0.25) is 5.91 Å². The predicted molar refractivity (Wildman–Crippen MR) is 86.3 cm³/mol. The van der Waals surface area contributed by atoms with Crippen molar-refractivity contribution in [1.82, 2.24) is 0 Å². The van der Waals surface area contributed by atoms with E-state index in [0.717, 1.165) is 12.1 Å². The zero-order valence-electron chi connectivity index (χ0n) is 13.1. The summed E-state index contributed by atoms with van der Waals surface area (Å²) in [5, 5.41) is 20.4. The number of rotatable bonds is 7. The molecule has 0 heterocycles. The fourth-order valence-corrected chi connectivity index (χ4v) is 2.10. The van der Waals surface area contributed by atoms with E-state index in [0.29, 0.717) is 12.4 Å². The van der Waals surface area contributed by atoms with Crippen LogP contribution in [-0.4, -0.2) is 28.5 Å². The number of amides is 1. The average Bonchev–Trinajstić information content (AvgIpc) is 2.55. The number of hydrogen-bond donors (Lipinski definition) is 2. The van der Waals surface area contributed by atoms with Crippen molar-refractivity contribution in [3.63, 3.8) is 0 Å². The molecule has 1 amide bonds. The summed E-state index contributed by atoms with van der Waals surface area (Å²) in [6, 6.07) is 7.90. The average molecular weight is 346 g/mol. The van der Waals surface area contributed by atoms with Gasteiger partial charge < -0.3 is 20.3 Å². The molecule has 25 heavy (non-hydrogen) atoms. The van der Waals surface area contributed by atoms with E-state index >= 15 is 0 Å². The number of nitro groups is 1. The van der Waals surface area contributed by atoms with Gasteiger partial charge in [-0.2, -0.15) is 0 Å². The van der Waals surface area contributed by atoms with E-state index in [1.807, 2.05) is 6.92 Å². The topological polar surface area (TPSA) is 142 Å². The van der Waals surface area contributed by atoms with E-state index in [1.54, 1.807) is 12.1 Å². The molecular weight excluding hydrogens is 332 g/mol. The molecule has 9 heteroatoms. The highest BCUT2D eigenvalue weighted by atomic mass is 16.6. The summed E-state index contributed by atoms with van der Waals surface area (Å²) in [6.07, 6.45) is 0. The SMILES string of the molecule is CCOc1ccc(Oc2cc([N+](=O)[O-])cc(C(N)=O)c2C(=O)O)cc1. The Morgan fingerprint density at radius 2 is 1.80 bits per heavy atom. The van der Waals surface area contributed by atoms with Crippen LogP contribution < -0.4 is 15.2 Å². The van der Waals surface area contributed by atoms with Gasteiger partial charge >= 0.3 is 5.97 Å². The van der Waals surface area contributed by atoms with Crippen molar-refractivity contribution >= 4 is 17.6 Å². The lowest BCUT2D eigenvalue weighted by Gasteiger charge is -2.12. The lowest BCUT2D eigenvalue weighted by molar-refractivity contribution is -0.384. The highest BCUT2D eigenvalue weighted by Crippen LogP contribution is 2.33. The Morgan fingerprint density at radius 1 is 1.20 bits per heavy atom. The van der Waals surface area contributed by atoms with Crippen LogP contribution in [0.3, 0.4) is 0 Å². The molecule has 0 atom stereocenters. The summed E-state index contributed by atoms with van der Waals surface area (Å²) in [5.41, 5.74) is 3.57. The Bertz CT molecular complexity index is 831. The van der Waals surface area contributed by atoms with Crippen molar-refractivity contribution in [1.29, 1.82) is 0 Å². The number of nitro benzene ring substituents is 1. The fraction of sp³-hybridized carbons (Fsp3) is 0.125. The van der Waals surface area contributed by atoms with Crippen LogP contribution in [0.25, 0.3) is 0 Å². The molecule has 130 valence electrons.